The van der Waals surface area contributed by atoms with Gasteiger partial charge in [0, 0.05) is 13.1 Å². The molecule has 14 heavy (non-hydrogen) atoms. The number of rotatable bonds is 2. The molecular weight excluding hydrogens is 184 g/mol. The minimum absolute atomic E-state index is 0.0259. The molecule has 0 saturated carbocycles. The molecule has 2 fully saturated rings. The van der Waals surface area contributed by atoms with Crippen LogP contribution in [0, 0.1) is 0 Å². The third kappa shape index (κ3) is 2.05. The summed E-state index contributed by atoms with van der Waals surface area (Å²) in [5.74, 6) is 0.0409. The van der Waals surface area contributed by atoms with Crippen LogP contribution in [0.3, 0.4) is 0 Å². The Morgan fingerprint density at radius 2 is 2.36 bits per heavy atom. The van der Waals surface area contributed by atoms with Crippen molar-refractivity contribution in [3.05, 3.63) is 0 Å². The first-order valence-corrected chi connectivity index (χ1v) is 5.01. The number of carbonyl (C=O) groups is 1. The van der Waals surface area contributed by atoms with Gasteiger partial charge in [-0.1, -0.05) is 0 Å². The highest BCUT2D eigenvalue weighted by Gasteiger charge is 2.30. The van der Waals surface area contributed by atoms with Crippen molar-refractivity contribution in [1.29, 1.82) is 0 Å². The van der Waals surface area contributed by atoms with Crippen LogP contribution in [0.4, 0.5) is 0 Å². The molecule has 0 aromatic rings. The van der Waals surface area contributed by atoms with Crippen molar-refractivity contribution >= 4 is 5.91 Å². The van der Waals surface area contributed by atoms with Crippen molar-refractivity contribution in [3.8, 4) is 0 Å². The smallest absolute Gasteiger partial charge is 0.239 e. The van der Waals surface area contributed by atoms with Crippen LogP contribution in [0.5, 0.6) is 0 Å². The van der Waals surface area contributed by atoms with E-state index in [0.29, 0.717) is 26.4 Å². The van der Waals surface area contributed by atoms with Crippen LogP contribution < -0.4 is 5.73 Å². The van der Waals surface area contributed by atoms with Crippen LogP contribution in [0.15, 0.2) is 0 Å². The Kier molecular flexibility index (Phi) is 3.00. The van der Waals surface area contributed by atoms with E-state index in [4.69, 9.17) is 15.2 Å². The fourth-order valence-electron chi connectivity index (χ4n) is 1.83. The van der Waals surface area contributed by atoms with Gasteiger partial charge in [0.25, 0.3) is 0 Å². The number of likely N-dealkylation sites (tertiary alicyclic amines) is 1. The Bertz CT molecular complexity index is 216. The maximum Gasteiger partial charge on any atom is 0.239 e. The van der Waals surface area contributed by atoms with Crippen LogP contribution >= 0.6 is 0 Å². The number of hydrogen-bond donors (Lipinski definition) is 1. The zero-order chi connectivity index (χ0) is 9.97. The number of amides is 1. The molecule has 2 aliphatic rings. The Hall–Kier alpha value is -0.650. The molecule has 5 nitrogen and oxygen atoms in total. The van der Waals surface area contributed by atoms with Gasteiger partial charge in [0.15, 0.2) is 0 Å². The number of nitrogens with two attached hydrogens (primary N) is 1. The monoisotopic (exact) mass is 200 g/mol. The molecule has 2 rings (SSSR count). The third-order valence-corrected chi connectivity index (χ3v) is 2.65. The predicted molar refractivity (Wildman–Crippen MR) is 49.7 cm³/mol. The van der Waals surface area contributed by atoms with Gasteiger partial charge in [0.05, 0.1) is 32.0 Å². The topological polar surface area (TPSA) is 64.8 Å². The van der Waals surface area contributed by atoms with Crippen molar-refractivity contribution in [2.75, 3.05) is 32.9 Å². The van der Waals surface area contributed by atoms with Crippen LogP contribution in [0.1, 0.15) is 6.42 Å². The third-order valence-electron chi connectivity index (χ3n) is 2.65. The SMILES string of the molecule is NC1CCN(CC2COCCO2)C1=O. The van der Waals surface area contributed by atoms with Gasteiger partial charge in [-0.2, -0.15) is 0 Å². The molecule has 0 aliphatic carbocycles. The first kappa shape index (κ1) is 9.89. The van der Waals surface area contributed by atoms with E-state index < -0.39 is 0 Å². The summed E-state index contributed by atoms with van der Waals surface area (Å²) in [6, 6.07) is -0.306. The van der Waals surface area contributed by atoms with Crippen molar-refractivity contribution in [2.24, 2.45) is 5.73 Å². The van der Waals surface area contributed by atoms with Gasteiger partial charge in [-0.25, -0.2) is 0 Å². The lowest BCUT2D eigenvalue weighted by molar-refractivity contribution is -0.135. The maximum atomic E-state index is 11.5. The van der Waals surface area contributed by atoms with Crippen molar-refractivity contribution < 1.29 is 14.3 Å². The Morgan fingerprint density at radius 3 is 2.93 bits per heavy atom. The fraction of sp³-hybridized carbons (Fsp3) is 0.889. The second-order valence-electron chi connectivity index (χ2n) is 3.75. The first-order valence-electron chi connectivity index (χ1n) is 5.01. The largest absolute Gasteiger partial charge is 0.376 e. The van der Waals surface area contributed by atoms with Crippen LogP contribution in [0.25, 0.3) is 0 Å². The number of ether oxygens (including phenoxy) is 2. The average Bonchev–Trinajstić information content (AvgIpc) is 2.52. The van der Waals surface area contributed by atoms with Gasteiger partial charge in [-0.05, 0) is 6.42 Å². The lowest BCUT2D eigenvalue weighted by Crippen LogP contribution is -2.42. The molecule has 2 aliphatic heterocycles. The van der Waals surface area contributed by atoms with E-state index in [1.165, 1.54) is 0 Å². The van der Waals surface area contributed by atoms with E-state index in [0.717, 1.165) is 13.0 Å². The molecule has 2 unspecified atom stereocenters. The van der Waals surface area contributed by atoms with E-state index >= 15 is 0 Å². The Balaban J connectivity index is 1.82. The highest BCUT2D eigenvalue weighted by Crippen LogP contribution is 2.11. The van der Waals surface area contributed by atoms with E-state index in [1.807, 2.05) is 0 Å². The molecule has 2 atom stereocenters. The van der Waals surface area contributed by atoms with Crippen LogP contribution in [-0.2, 0) is 14.3 Å². The summed E-state index contributed by atoms with van der Waals surface area (Å²) in [7, 11) is 0. The molecule has 0 radical (unpaired) electrons. The van der Waals surface area contributed by atoms with Gasteiger partial charge in [0.2, 0.25) is 5.91 Å². The summed E-state index contributed by atoms with van der Waals surface area (Å²) in [6.07, 6.45) is 0.782. The standard InChI is InChI=1S/C9H16N2O3/c10-8-1-2-11(9(8)12)5-7-6-13-3-4-14-7/h7-8H,1-6,10H2. The summed E-state index contributed by atoms with van der Waals surface area (Å²) < 4.78 is 10.7. The number of carbonyl (C=O) groups excluding carboxylic acids is 1. The van der Waals surface area contributed by atoms with Crippen LogP contribution in [-0.4, -0.2) is 55.9 Å². The number of nitrogens with zero attached hydrogens (tertiary/aromatic N) is 1. The van der Waals surface area contributed by atoms with E-state index in [2.05, 4.69) is 0 Å². The molecule has 0 bridgehead atoms. The molecule has 2 saturated heterocycles. The summed E-state index contributed by atoms with van der Waals surface area (Å²) in [6.45, 7) is 3.23. The molecular formula is C9H16N2O3. The minimum Gasteiger partial charge on any atom is -0.376 e. The first-order chi connectivity index (χ1) is 6.77. The lowest BCUT2D eigenvalue weighted by atomic mass is 10.3. The second-order valence-corrected chi connectivity index (χ2v) is 3.75. The Morgan fingerprint density at radius 1 is 1.50 bits per heavy atom. The number of hydrogen-bond acceptors (Lipinski definition) is 4. The molecule has 1 amide bonds. The highest BCUT2D eigenvalue weighted by molar-refractivity contribution is 5.83. The molecule has 80 valence electrons. The second kappa shape index (κ2) is 4.25. The summed E-state index contributed by atoms with van der Waals surface area (Å²) in [5.41, 5.74) is 5.61. The molecule has 0 spiro atoms. The maximum absolute atomic E-state index is 11.5. The molecule has 2 N–H and O–H groups in total. The highest BCUT2D eigenvalue weighted by atomic mass is 16.6. The van der Waals surface area contributed by atoms with Gasteiger partial charge < -0.3 is 20.1 Å². The fourth-order valence-corrected chi connectivity index (χ4v) is 1.83. The van der Waals surface area contributed by atoms with E-state index in [-0.39, 0.29) is 18.1 Å². The average molecular weight is 200 g/mol. The quantitative estimate of drug-likeness (QED) is 0.618. The van der Waals surface area contributed by atoms with Crippen LogP contribution in [0.2, 0.25) is 0 Å². The Labute approximate surface area is 83.1 Å². The molecule has 0 aromatic heterocycles. The van der Waals surface area contributed by atoms with Gasteiger partial charge in [-0.3, -0.25) is 4.79 Å². The van der Waals surface area contributed by atoms with Crippen molar-refractivity contribution in [1.82, 2.24) is 4.90 Å². The van der Waals surface area contributed by atoms with Crippen molar-refractivity contribution in [3.63, 3.8) is 0 Å². The normalized spacial score (nSPS) is 33.8. The minimum atomic E-state index is -0.306. The zero-order valence-corrected chi connectivity index (χ0v) is 8.15. The zero-order valence-electron chi connectivity index (χ0n) is 8.15. The van der Waals surface area contributed by atoms with Gasteiger partial charge >= 0.3 is 0 Å². The molecule has 5 heteroatoms. The van der Waals surface area contributed by atoms with E-state index in [9.17, 15) is 4.79 Å². The lowest BCUT2D eigenvalue weighted by Gasteiger charge is -2.27. The molecule has 0 aromatic carbocycles. The van der Waals surface area contributed by atoms with Gasteiger partial charge in [0.1, 0.15) is 0 Å². The summed E-state index contributed by atoms with van der Waals surface area (Å²) in [5, 5.41) is 0. The van der Waals surface area contributed by atoms with Gasteiger partial charge in [-0.15, -0.1) is 0 Å². The predicted octanol–water partition coefficient (Wildman–Crippen LogP) is -1.04. The molecule has 2 heterocycles. The summed E-state index contributed by atoms with van der Waals surface area (Å²) >= 11 is 0. The summed E-state index contributed by atoms with van der Waals surface area (Å²) in [4.78, 5) is 13.3. The van der Waals surface area contributed by atoms with Crippen molar-refractivity contribution in [2.45, 2.75) is 18.6 Å². The van der Waals surface area contributed by atoms with E-state index in [1.54, 1.807) is 4.90 Å².